The van der Waals surface area contributed by atoms with E-state index in [2.05, 4.69) is 39.7 Å². The number of ether oxygens (including phenoxy) is 1. The van der Waals surface area contributed by atoms with Gasteiger partial charge in [-0.1, -0.05) is 20.8 Å². The minimum Gasteiger partial charge on any atom is -0.493 e. The van der Waals surface area contributed by atoms with Crippen LogP contribution in [0, 0.1) is 5.41 Å². The summed E-state index contributed by atoms with van der Waals surface area (Å²) in [6, 6.07) is 0.302. The van der Waals surface area contributed by atoms with Gasteiger partial charge in [0.1, 0.15) is 0 Å². The number of methoxy groups -OCH3 is 1. The smallest absolute Gasteiger partial charge is 0.159 e. The van der Waals surface area contributed by atoms with Gasteiger partial charge in [-0.15, -0.1) is 0 Å². The van der Waals surface area contributed by atoms with Crippen molar-refractivity contribution in [1.29, 1.82) is 0 Å². The van der Waals surface area contributed by atoms with Crippen LogP contribution >= 0.6 is 0 Å². The summed E-state index contributed by atoms with van der Waals surface area (Å²) in [5.74, 6) is 0.810. The zero-order valence-corrected chi connectivity index (χ0v) is 12.4. The quantitative estimate of drug-likeness (QED) is 0.879. The van der Waals surface area contributed by atoms with Gasteiger partial charge in [-0.2, -0.15) is 5.10 Å². The highest BCUT2D eigenvalue weighted by Gasteiger charge is 2.23. The summed E-state index contributed by atoms with van der Waals surface area (Å²) >= 11 is 0. The molecular formula is C14H26N2O2. The van der Waals surface area contributed by atoms with E-state index < -0.39 is 0 Å². The lowest BCUT2D eigenvalue weighted by molar-refractivity contribution is 0.0553. The first-order valence-electron chi connectivity index (χ1n) is 6.55. The van der Waals surface area contributed by atoms with Crippen molar-refractivity contribution < 1.29 is 9.84 Å². The Balaban J connectivity index is 2.80. The second-order valence-electron chi connectivity index (χ2n) is 6.12. The SMILES string of the molecule is COc1cnn(C(C)C)c1CCC(O)C(C)(C)C. The van der Waals surface area contributed by atoms with Crippen LogP contribution in [0.4, 0.5) is 0 Å². The fourth-order valence-corrected chi connectivity index (χ4v) is 1.93. The van der Waals surface area contributed by atoms with Gasteiger partial charge in [0.25, 0.3) is 0 Å². The Kier molecular flexibility index (Phi) is 4.79. The highest BCUT2D eigenvalue weighted by molar-refractivity contribution is 5.25. The Morgan fingerprint density at radius 1 is 1.39 bits per heavy atom. The van der Waals surface area contributed by atoms with E-state index in [-0.39, 0.29) is 11.5 Å². The molecule has 0 amide bonds. The fraction of sp³-hybridized carbons (Fsp3) is 0.786. The predicted molar refractivity (Wildman–Crippen MR) is 72.9 cm³/mol. The second kappa shape index (κ2) is 5.74. The minimum absolute atomic E-state index is 0.0874. The van der Waals surface area contributed by atoms with Crippen LogP contribution in [0.25, 0.3) is 0 Å². The second-order valence-corrected chi connectivity index (χ2v) is 6.12. The predicted octanol–water partition coefficient (Wildman–Crippen LogP) is 2.81. The number of rotatable bonds is 5. The van der Waals surface area contributed by atoms with E-state index in [0.717, 1.165) is 24.3 Å². The molecule has 1 rings (SSSR count). The molecule has 1 unspecified atom stereocenters. The summed E-state index contributed by atoms with van der Waals surface area (Å²) in [5, 5.41) is 14.4. The van der Waals surface area contributed by atoms with Crippen molar-refractivity contribution in [3.8, 4) is 5.75 Å². The molecule has 0 bridgehead atoms. The van der Waals surface area contributed by atoms with Crippen LogP contribution in [0.3, 0.4) is 0 Å². The van der Waals surface area contributed by atoms with Crippen molar-refractivity contribution in [2.75, 3.05) is 7.11 Å². The Bertz CT molecular complexity index is 378. The Morgan fingerprint density at radius 2 is 2.00 bits per heavy atom. The van der Waals surface area contributed by atoms with Gasteiger partial charge < -0.3 is 9.84 Å². The van der Waals surface area contributed by atoms with Gasteiger partial charge in [0.15, 0.2) is 5.75 Å². The molecule has 0 saturated carbocycles. The average Bonchev–Trinajstić information content (AvgIpc) is 2.67. The lowest BCUT2D eigenvalue weighted by Gasteiger charge is -2.26. The summed E-state index contributed by atoms with van der Waals surface area (Å²) in [5.41, 5.74) is 0.978. The maximum absolute atomic E-state index is 10.1. The first-order valence-corrected chi connectivity index (χ1v) is 6.55. The van der Waals surface area contributed by atoms with Gasteiger partial charge in [0.05, 0.1) is 25.1 Å². The van der Waals surface area contributed by atoms with Gasteiger partial charge >= 0.3 is 0 Å². The summed E-state index contributed by atoms with van der Waals surface area (Å²) < 4.78 is 7.30. The molecule has 1 N–H and O–H groups in total. The molecule has 0 saturated heterocycles. The molecule has 1 heterocycles. The molecule has 0 spiro atoms. The molecule has 4 heteroatoms. The largest absolute Gasteiger partial charge is 0.493 e. The van der Waals surface area contributed by atoms with Crippen LogP contribution in [-0.2, 0) is 6.42 Å². The van der Waals surface area contributed by atoms with Crippen molar-refractivity contribution in [2.24, 2.45) is 5.41 Å². The summed E-state index contributed by atoms with van der Waals surface area (Å²) in [6.45, 7) is 10.3. The molecule has 1 aromatic rings. The first-order chi connectivity index (χ1) is 8.27. The molecule has 0 aliphatic rings. The van der Waals surface area contributed by atoms with Crippen LogP contribution in [0.15, 0.2) is 6.20 Å². The number of nitrogens with zero attached hydrogens (tertiary/aromatic N) is 2. The van der Waals surface area contributed by atoms with E-state index in [4.69, 9.17) is 4.74 Å². The van der Waals surface area contributed by atoms with Crippen molar-refractivity contribution in [3.63, 3.8) is 0 Å². The summed E-state index contributed by atoms with van der Waals surface area (Å²) in [6.07, 6.45) is 2.93. The molecule has 0 aliphatic heterocycles. The van der Waals surface area contributed by atoms with E-state index in [1.165, 1.54) is 0 Å². The third-order valence-corrected chi connectivity index (χ3v) is 3.22. The van der Waals surface area contributed by atoms with Crippen molar-refractivity contribution in [1.82, 2.24) is 9.78 Å². The van der Waals surface area contributed by atoms with E-state index in [1.807, 2.05) is 4.68 Å². The van der Waals surface area contributed by atoms with Crippen molar-refractivity contribution in [2.45, 2.75) is 59.6 Å². The highest BCUT2D eigenvalue weighted by Crippen LogP contribution is 2.27. The molecule has 0 radical (unpaired) electrons. The monoisotopic (exact) mass is 254 g/mol. The number of hydrogen-bond donors (Lipinski definition) is 1. The van der Waals surface area contributed by atoms with Crippen LogP contribution in [0.1, 0.15) is 52.8 Å². The molecule has 0 aromatic carbocycles. The zero-order valence-electron chi connectivity index (χ0n) is 12.4. The highest BCUT2D eigenvalue weighted by atomic mass is 16.5. The Hall–Kier alpha value is -1.03. The number of aliphatic hydroxyl groups excluding tert-OH is 1. The van der Waals surface area contributed by atoms with Crippen molar-refractivity contribution >= 4 is 0 Å². The summed E-state index contributed by atoms with van der Waals surface area (Å²) in [4.78, 5) is 0. The van der Waals surface area contributed by atoms with Crippen LogP contribution in [-0.4, -0.2) is 28.1 Å². The number of aliphatic hydroxyl groups is 1. The van der Waals surface area contributed by atoms with E-state index in [0.29, 0.717) is 6.04 Å². The van der Waals surface area contributed by atoms with Gasteiger partial charge in [-0.25, -0.2) is 0 Å². The maximum Gasteiger partial charge on any atom is 0.159 e. The molecule has 1 aromatic heterocycles. The number of hydrogen-bond acceptors (Lipinski definition) is 3. The third-order valence-electron chi connectivity index (χ3n) is 3.22. The topological polar surface area (TPSA) is 47.3 Å². The van der Waals surface area contributed by atoms with Gasteiger partial charge in [-0.05, 0) is 32.1 Å². The van der Waals surface area contributed by atoms with E-state index in [1.54, 1.807) is 13.3 Å². The van der Waals surface area contributed by atoms with Gasteiger partial charge in [-0.3, -0.25) is 4.68 Å². The van der Waals surface area contributed by atoms with Crippen molar-refractivity contribution in [3.05, 3.63) is 11.9 Å². The molecule has 0 fully saturated rings. The molecule has 1 atom stereocenters. The number of aromatic nitrogens is 2. The lowest BCUT2D eigenvalue weighted by Crippen LogP contribution is -2.26. The van der Waals surface area contributed by atoms with E-state index in [9.17, 15) is 5.11 Å². The maximum atomic E-state index is 10.1. The average molecular weight is 254 g/mol. The lowest BCUT2D eigenvalue weighted by atomic mass is 9.86. The first kappa shape index (κ1) is 15.0. The normalized spacial score (nSPS) is 14.0. The zero-order chi connectivity index (χ0) is 13.9. The van der Waals surface area contributed by atoms with Crippen LogP contribution < -0.4 is 4.74 Å². The fourth-order valence-electron chi connectivity index (χ4n) is 1.93. The van der Waals surface area contributed by atoms with Gasteiger partial charge in [0.2, 0.25) is 0 Å². The summed E-state index contributed by atoms with van der Waals surface area (Å²) in [7, 11) is 1.66. The Morgan fingerprint density at radius 3 is 2.44 bits per heavy atom. The molecule has 4 nitrogen and oxygen atoms in total. The van der Waals surface area contributed by atoms with Crippen LogP contribution in [0.5, 0.6) is 5.75 Å². The minimum atomic E-state index is -0.322. The molecular weight excluding hydrogens is 228 g/mol. The van der Waals surface area contributed by atoms with E-state index >= 15 is 0 Å². The standard InChI is InChI=1S/C14H26N2O2/c1-10(2)16-11(12(18-6)9-15-16)7-8-13(17)14(3,4)5/h9-10,13,17H,7-8H2,1-6H3. The van der Waals surface area contributed by atoms with Crippen LogP contribution in [0.2, 0.25) is 0 Å². The molecule has 0 aliphatic carbocycles. The molecule has 18 heavy (non-hydrogen) atoms. The molecule has 104 valence electrons. The van der Waals surface area contributed by atoms with Gasteiger partial charge in [0, 0.05) is 6.04 Å². The third kappa shape index (κ3) is 3.48. The Labute approximate surface area is 110 Å².